The van der Waals surface area contributed by atoms with Gasteiger partial charge in [0.15, 0.2) is 0 Å². The molecule has 4 rings (SSSR count). The Morgan fingerprint density at radius 2 is 2.10 bits per heavy atom. The Kier molecular flexibility index (Phi) is 4.26. The molecule has 0 saturated carbocycles. The van der Waals surface area contributed by atoms with E-state index < -0.39 is 0 Å². The van der Waals surface area contributed by atoms with Crippen LogP contribution in [0.5, 0.6) is 0 Å². The number of benzene rings is 1. The zero-order valence-corrected chi connectivity index (χ0v) is 12.5. The Labute approximate surface area is 124 Å². The highest BCUT2D eigenvalue weighted by Crippen LogP contribution is 2.29. The number of rotatable bonds is 4. The van der Waals surface area contributed by atoms with Crippen LogP contribution in [-0.4, -0.2) is 55.1 Å². The van der Waals surface area contributed by atoms with E-state index in [1.807, 2.05) is 6.07 Å². The Bertz CT molecular complexity index is 474. The molecule has 1 aromatic carbocycles. The van der Waals surface area contributed by atoms with Gasteiger partial charge in [0.1, 0.15) is 5.82 Å². The first kappa shape index (κ1) is 14.3. The van der Waals surface area contributed by atoms with Crippen molar-refractivity contribution in [2.24, 2.45) is 0 Å². The zero-order valence-electron chi connectivity index (χ0n) is 11.8. The van der Waals surface area contributed by atoms with Gasteiger partial charge in [0, 0.05) is 49.4 Å². The molecule has 3 saturated heterocycles. The summed E-state index contributed by atoms with van der Waals surface area (Å²) in [6.45, 7) is 8.36. The summed E-state index contributed by atoms with van der Waals surface area (Å²) in [6, 6.07) is 5.39. The third kappa shape index (κ3) is 2.70. The maximum Gasteiger partial charge on any atom is 0.129 e. The molecule has 0 aromatic heterocycles. The highest BCUT2D eigenvalue weighted by atomic mass is 35.5. The van der Waals surface area contributed by atoms with E-state index in [0.29, 0.717) is 11.1 Å². The van der Waals surface area contributed by atoms with Gasteiger partial charge in [0.2, 0.25) is 0 Å². The number of nitrogens with zero attached hydrogens (tertiary/aromatic N) is 2. The van der Waals surface area contributed by atoms with Crippen molar-refractivity contribution in [3.63, 3.8) is 0 Å². The summed E-state index contributed by atoms with van der Waals surface area (Å²) in [5.74, 6) is -0.207. The van der Waals surface area contributed by atoms with Crippen LogP contribution in [0.25, 0.3) is 0 Å². The van der Waals surface area contributed by atoms with E-state index in [9.17, 15) is 4.39 Å². The predicted molar refractivity (Wildman–Crippen MR) is 79.6 cm³/mol. The molecule has 20 heavy (non-hydrogen) atoms. The maximum atomic E-state index is 14.3. The van der Waals surface area contributed by atoms with Gasteiger partial charge >= 0.3 is 0 Å². The molecule has 0 amide bonds. The maximum absolute atomic E-state index is 14.3. The molecule has 1 N–H and O–H groups in total. The first-order valence-electron chi connectivity index (χ1n) is 7.33. The number of likely N-dealkylation sites (N-methyl/N-ethyl adjacent to an activating group) is 1. The highest BCUT2D eigenvalue weighted by Gasteiger charge is 2.37. The van der Waals surface area contributed by atoms with Crippen molar-refractivity contribution in [1.29, 1.82) is 0 Å². The van der Waals surface area contributed by atoms with Crippen LogP contribution >= 0.6 is 11.6 Å². The quantitative estimate of drug-likeness (QED) is 0.918. The van der Waals surface area contributed by atoms with Gasteiger partial charge in [0.25, 0.3) is 0 Å². The number of halogens is 2. The van der Waals surface area contributed by atoms with Gasteiger partial charge in [-0.25, -0.2) is 4.39 Å². The molecule has 0 aliphatic carbocycles. The second-order valence-electron chi connectivity index (χ2n) is 5.61. The first-order chi connectivity index (χ1) is 9.69. The molecule has 3 aliphatic heterocycles. The third-order valence-corrected chi connectivity index (χ3v) is 4.66. The second-order valence-corrected chi connectivity index (χ2v) is 6.04. The summed E-state index contributed by atoms with van der Waals surface area (Å²) in [5, 5.41) is 3.92. The third-order valence-electron chi connectivity index (χ3n) is 4.43. The minimum Gasteiger partial charge on any atom is -0.309 e. The smallest absolute Gasteiger partial charge is 0.129 e. The van der Waals surface area contributed by atoms with Gasteiger partial charge in [-0.3, -0.25) is 9.80 Å². The largest absolute Gasteiger partial charge is 0.309 e. The average Bonchev–Trinajstić information content (AvgIpc) is 2.47. The van der Waals surface area contributed by atoms with E-state index >= 15 is 0 Å². The monoisotopic (exact) mass is 297 g/mol. The average molecular weight is 298 g/mol. The van der Waals surface area contributed by atoms with E-state index in [0.717, 1.165) is 44.8 Å². The molecule has 2 unspecified atom stereocenters. The Hall–Kier alpha value is -0.680. The molecule has 3 aliphatic rings. The van der Waals surface area contributed by atoms with Gasteiger partial charge in [-0.2, -0.15) is 0 Å². The summed E-state index contributed by atoms with van der Waals surface area (Å²) in [5.41, 5.74) is 0.731. The van der Waals surface area contributed by atoms with Crippen molar-refractivity contribution >= 4 is 11.6 Å². The summed E-state index contributed by atoms with van der Waals surface area (Å²) in [6.07, 6.45) is 0. The fourth-order valence-electron chi connectivity index (χ4n) is 3.40. The fourth-order valence-corrected chi connectivity index (χ4v) is 3.56. The number of hydrogen-bond acceptors (Lipinski definition) is 3. The molecule has 0 spiro atoms. The van der Waals surface area contributed by atoms with Crippen LogP contribution in [0.2, 0.25) is 5.02 Å². The Morgan fingerprint density at radius 3 is 2.65 bits per heavy atom. The molecule has 110 valence electrons. The van der Waals surface area contributed by atoms with Gasteiger partial charge in [-0.15, -0.1) is 0 Å². The van der Waals surface area contributed by atoms with E-state index in [4.69, 9.17) is 11.6 Å². The summed E-state index contributed by atoms with van der Waals surface area (Å²) < 4.78 is 14.3. The molecular weight excluding hydrogens is 277 g/mol. The molecule has 3 fully saturated rings. The molecule has 3 heterocycles. The summed E-state index contributed by atoms with van der Waals surface area (Å²) in [4.78, 5) is 4.96. The SMILES string of the molecule is CCNC(c1ccc(Cl)cc1F)C1CN2CCN1CC2. The normalized spacial score (nSPS) is 30.4. The first-order valence-corrected chi connectivity index (χ1v) is 7.71. The van der Waals surface area contributed by atoms with E-state index in [1.165, 1.54) is 6.07 Å². The predicted octanol–water partition coefficient (Wildman–Crippen LogP) is 2.13. The molecule has 3 nitrogen and oxygen atoms in total. The van der Waals surface area contributed by atoms with Crippen LogP contribution in [0.4, 0.5) is 4.39 Å². The van der Waals surface area contributed by atoms with Crippen LogP contribution in [0.3, 0.4) is 0 Å². The fraction of sp³-hybridized carbons (Fsp3) is 0.600. The van der Waals surface area contributed by atoms with Gasteiger partial charge < -0.3 is 5.32 Å². The molecule has 1 aromatic rings. The molecule has 5 heteroatoms. The van der Waals surface area contributed by atoms with Crippen molar-refractivity contribution in [3.05, 3.63) is 34.6 Å². The van der Waals surface area contributed by atoms with Gasteiger partial charge in [-0.05, 0) is 18.7 Å². The van der Waals surface area contributed by atoms with Crippen LogP contribution in [0.1, 0.15) is 18.5 Å². The van der Waals surface area contributed by atoms with Crippen molar-refractivity contribution in [2.45, 2.75) is 19.0 Å². The minimum absolute atomic E-state index is 0.0281. The van der Waals surface area contributed by atoms with Crippen LogP contribution in [0.15, 0.2) is 18.2 Å². The molecule has 0 radical (unpaired) electrons. The molecular formula is C15H21ClFN3. The topological polar surface area (TPSA) is 18.5 Å². The summed E-state index contributed by atoms with van der Waals surface area (Å²) in [7, 11) is 0. The lowest BCUT2D eigenvalue weighted by Gasteiger charge is -2.50. The van der Waals surface area contributed by atoms with E-state index in [1.54, 1.807) is 6.07 Å². The minimum atomic E-state index is -0.207. The molecule has 2 bridgehead atoms. The summed E-state index contributed by atoms with van der Waals surface area (Å²) >= 11 is 5.87. The van der Waals surface area contributed by atoms with Crippen LogP contribution in [0, 0.1) is 5.82 Å². The zero-order chi connectivity index (χ0) is 14.1. The highest BCUT2D eigenvalue weighted by molar-refractivity contribution is 6.30. The van der Waals surface area contributed by atoms with Crippen LogP contribution in [-0.2, 0) is 0 Å². The number of piperazine rings is 3. The lowest BCUT2D eigenvalue weighted by atomic mass is 9.93. The van der Waals surface area contributed by atoms with Crippen LogP contribution < -0.4 is 5.32 Å². The second kappa shape index (κ2) is 5.98. The molecule has 2 atom stereocenters. The van der Waals surface area contributed by atoms with Crippen molar-refractivity contribution in [1.82, 2.24) is 15.1 Å². The number of hydrogen-bond donors (Lipinski definition) is 1. The Morgan fingerprint density at radius 1 is 1.35 bits per heavy atom. The number of nitrogens with one attached hydrogen (secondary N) is 1. The standard InChI is InChI=1S/C15H21ClFN3/c1-2-18-15(12-4-3-11(16)9-13(12)17)14-10-19-5-7-20(14)8-6-19/h3-4,9,14-15,18H,2,5-8,10H2,1H3. The van der Waals surface area contributed by atoms with Gasteiger partial charge in [0.05, 0.1) is 6.04 Å². The number of fused-ring (bicyclic) bond motifs is 3. The Balaban J connectivity index is 1.88. The lowest BCUT2D eigenvalue weighted by Crippen LogP contribution is -2.64. The van der Waals surface area contributed by atoms with Crippen molar-refractivity contribution in [2.75, 3.05) is 39.3 Å². The van der Waals surface area contributed by atoms with Crippen molar-refractivity contribution < 1.29 is 4.39 Å². The lowest BCUT2D eigenvalue weighted by molar-refractivity contribution is -0.00392. The van der Waals surface area contributed by atoms with E-state index in [-0.39, 0.29) is 11.9 Å². The van der Waals surface area contributed by atoms with E-state index in [2.05, 4.69) is 22.0 Å². The van der Waals surface area contributed by atoms with Crippen molar-refractivity contribution in [3.8, 4) is 0 Å². The van der Waals surface area contributed by atoms with Gasteiger partial charge in [-0.1, -0.05) is 24.6 Å².